The molecule has 10 aromatic rings. The van der Waals surface area contributed by atoms with E-state index in [0.717, 1.165) is 38.5 Å². The first-order chi connectivity index (χ1) is 22.3. The molecule has 6 aromatic carbocycles. The molecular formula is C40H23N3S2. The largest absolute Gasteiger partial charge is 0.309 e. The summed E-state index contributed by atoms with van der Waals surface area (Å²) < 4.78 is 7.39. The monoisotopic (exact) mass is 609 g/mol. The van der Waals surface area contributed by atoms with Gasteiger partial charge in [-0.1, -0.05) is 103 Å². The van der Waals surface area contributed by atoms with Crippen LogP contribution in [-0.2, 0) is 0 Å². The summed E-state index contributed by atoms with van der Waals surface area (Å²) in [6, 6.07) is 49.8. The Bertz CT molecular complexity index is 2770. The zero-order valence-corrected chi connectivity index (χ0v) is 25.6. The topological polar surface area (TPSA) is 30.7 Å². The Morgan fingerprint density at radius 2 is 1.20 bits per heavy atom. The molecule has 0 atom stereocenters. The zero-order chi connectivity index (χ0) is 29.5. The second-order valence-corrected chi connectivity index (χ2v) is 13.5. The van der Waals surface area contributed by atoms with Crippen LogP contribution < -0.4 is 0 Å². The third-order valence-electron chi connectivity index (χ3n) is 8.80. The molecule has 0 N–H and O–H groups in total. The third kappa shape index (κ3) is 3.69. The number of nitrogens with zero attached hydrogens (tertiary/aromatic N) is 3. The van der Waals surface area contributed by atoms with Crippen LogP contribution >= 0.6 is 22.7 Å². The van der Waals surface area contributed by atoms with E-state index in [2.05, 4.69) is 144 Å². The fourth-order valence-electron chi connectivity index (χ4n) is 6.83. The molecule has 4 heterocycles. The van der Waals surface area contributed by atoms with Crippen LogP contribution in [0.2, 0.25) is 0 Å². The van der Waals surface area contributed by atoms with Gasteiger partial charge in [-0.05, 0) is 36.4 Å². The fourth-order valence-corrected chi connectivity index (χ4v) is 9.09. The van der Waals surface area contributed by atoms with Crippen molar-refractivity contribution in [1.82, 2.24) is 14.5 Å². The maximum atomic E-state index is 5.26. The van der Waals surface area contributed by atoms with Crippen LogP contribution in [-0.4, -0.2) is 14.5 Å². The predicted octanol–water partition coefficient (Wildman–Crippen LogP) is 11.6. The number of fused-ring (bicyclic) bond motifs is 10. The van der Waals surface area contributed by atoms with Crippen molar-refractivity contribution >= 4 is 85.0 Å². The molecule has 0 bridgehead atoms. The van der Waals surface area contributed by atoms with Gasteiger partial charge in [0.25, 0.3) is 0 Å². The molecule has 45 heavy (non-hydrogen) atoms. The lowest BCUT2D eigenvalue weighted by atomic mass is 10.1. The lowest BCUT2D eigenvalue weighted by Gasteiger charge is -2.12. The number of benzene rings is 6. The van der Waals surface area contributed by atoms with Crippen molar-refractivity contribution in [3.8, 4) is 28.3 Å². The van der Waals surface area contributed by atoms with Crippen molar-refractivity contribution in [3.05, 3.63) is 140 Å². The van der Waals surface area contributed by atoms with E-state index < -0.39 is 0 Å². The first-order valence-corrected chi connectivity index (χ1v) is 16.6. The maximum absolute atomic E-state index is 5.26. The second kappa shape index (κ2) is 9.57. The van der Waals surface area contributed by atoms with Gasteiger partial charge in [-0.3, -0.25) is 0 Å². The van der Waals surface area contributed by atoms with Crippen LogP contribution in [0.25, 0.3) is 90.6 Å². The molecule has 0 spiro atoms. The van der Waals surface area contributed by atoms with E-state index in [-0.39, 0.29) is 0 Å². The Morgan fingerprint density at radius 1 is 0.489 bits per heavy atom. The number of para-hydroxylation sites is 1. The number of thiophene rings is 2. The zero-order valence-electron chi connectivity index (χ0n) is 23.9. The van der Waals surface area contributed by atoms with Crippen molar-refractivity contribution in [1.29, 1.82) is 0 Å². The highest BCUT2D eigenvalue weighted by Gasteiger charge is 2.20. The van der Waals surface area contributed by atoms with Crippen molar-refractivity contribution in [3.63, 3.8) is 0 Å². The minimum atomic E-state index is 0.735. The molecular weight excluding hydrogens is 587 g/mol. The summed E-state index contributed by atoms with van der Waals surface area (Å²) in [5.41, 5.74) is 7.62. The van der Waals surface area contributed by atoms with Gasteiger partial charge in [0.2, 0.25) is 0 Å². The van der Waals surface area contributed by atoms with Gasteiger partial charge in [-0.2, -0.15) is 0 Å². The van der Waals surface area contributed by atoms with Crippen molar-refractivity contribution in [2.75, 3.05) is 0 Å². The number of rotatable bonds is 3. The molecule has 0 fully saturated rings. The first-order valence-electron chi connectivity index (χ1n) is 15.0. The van der Waals surface area contributed by atoms with E-state index in [9.17, 15) is 0 Å². The Labute approximate surface area is 266 Å². The summed E-state index contributed by atoms with van der Waals surface area (Å²) >= 11 is 3.63. The van der Waals surface area contributed by atoms with Crippen molar-refractivity contribution in [2.45, 2.75) is 0 Å². The molecule has 3 nitrogen and oxygen atoms in total. The lowest BCUT2D eigenvalue weighted by Crippen LogP contribution is -1.97. The van der Waals surface area contributed by atoms with Gasteiger partial charge >= 0.3 is 0 Å². The van der Waals surface area contributed by atoms with E-state index in [1.54, 1.807) is 11.3 Å². The molecule has 5 heteroatoms. The summed E-state index contributed by atoms with van der Waals surface area (Å²) in [5, 5.41) is 6.30. The Balaban J connectivity index is 1.27. The van der Waals surface area contributed by atoms with Gasteiger partial charge in [0.1, 0.15) is 0 Å². The fraction of sp³-hybridized carbons (Fsp3) is 0. The third-order valence-corrected chi connectivity index (χ3v) is 11.1. The van der Waals surface area contributed by atoms with Gasteiger partial charge in [0.15, 0.2) is 5.82 Å². The van der Waals surface area contributed by atoms with E-state index >= 15 is 0 Å². The van der Waals surface area contributed by atoms with Crippen LogP contribution in [0.5, 0.6) is 0 Å². The highest BCUT2D eigenvalue weighted by atomic mass is 32.1. The molecule has 10 rings (SSSR count). The normalized spacial score (nSPS) is 12.0. The molecule has 0 radical (unpaired) electrons. The molecule has 0 aliphatic carbocycles. The van der Waals surface area contributed by atoms with Gasteiger partial charge in [-0.15, -0.1) is 22.7 Å². The second-order valence-electron chi connectivity index (χ2n) is 11.4. The van der Waals surface area contributed by atoms with E-state index in [1.165, 1.54) is 52.1 Å². The van der Waals surface area contributed by atoms with Crippen LogP contribution in [0.1, 0.15) is 0 Å². The van der Waals surface area contributed by atoms with Gasteiger partial charge in [0.05, 0.1) is 26.9 Å². The summed E-state index contributed by atoms with van der Waals surface area (Å²) in [4.78, 5) is 10.5. The molecule has 0 amide bonds. The lowest BCUT2D eigenvalue weighted by molar-refractivity contribution is 1.18. The molecule has 0 saturated carbocycles. The smallest absolute Gasteiger partial charge is 0.160 e. The van der Waals surface area contributed by atoms with Crippen LogP contribution in [0.15, 0.2) is 140 Å². The number of hydrogen-bond donors (Lipinski definition) is 0. The van der Waals surface area contributed by atoms with Crippen molar-refractivity contribution in [2.24, 2.45) is 0 Å². The maximum Gasteiger partial charge on any atom is 0.160 e. The standard InChI is InChI=1S/C40H23N3S2/c1-2-11-24(12-3-1)36-39-37(30-17-6-9-20-33(30)45-39)42-40(41-36)25-13-10-14-26(23-25)43-31-18-7-4-15-27(31)28-21-22-34-35(38(28)43)29-16-5-8-19-32(29)44-34/h1-23H. The summed E-state index contributed by atoms with van der Waals surface area (Å²) in [6.45, 7) is 0. The Morgan fingerprint density at radius 3 is 2.07 bits per heavy atom. The van der Waals surface area contributed by atoms with E-state index in [4.69, 9.17) is 9.97 Å². The van der Waals surface area contributed by atoms with Crippen LogP contribution in [0.4, 0.5) is 0 Å². The van der Waals surface area contributed by atoms with E-state index in [0.29, 0.717) is 0 Å². The number of hydrogen-bond acceptors (Lipinski definition) is 4. The summed E-state index contributed by atoms with van der Waals surface area (Å²) in [7, 11) is 0. The van der Waals surface area contributed by atoms with Crippen molar-refractivity contribution < 1.29 is 0 Å². The molecule has 0 aliphatic heterocycles. The minimum Gasteiger partial charge on any atom is -0.309 e. The predicted molar refractivity (Wildman–Crippen MR) is 193 cm³/mol. The first kappa shape index (κ1) is 25.0. The molecule has 0 aliphatic rings. The van der Waals surface area contributed by atoms with Crippen LogP contribution in [0.3, 0.4) is 0 Å². The van der Waals surface area contributed by atoms with E-state index in [1.807, 2.05) is 11.3 Å². The molecule has 0 saturated heterocycles. The average Bonchev–Trinajstić information content (AvgIpc) is 3.78. The quantitative estimate of drug-likeness (QED) is 0.199. The Hall–Kier alpha value is -5.36. The Kier molecular flexibility index (Phi) is 5.32. The van der Waals surface area contributed by atoms with Gasteiger partial charge < -0.3 is 4.57 Å². The highest BCUT2D eigenvalue weighted by molar-refractivity contribution is 7.26. The summed E-state index contributed by atoms with van der Waals surface area (Å²) in [5.74, 6) is 0.735. The van der Waals surface area contributed by atoms with Gasteiger partial charge in [-0.25, -0.2) is 9.97 Å². The molecule has 4 aromatic heterocycles. The number of aromatic nitrogens is 3. The SMILES string of the molecule is c1ccc(-c2nc(-c3cccc(-n4c5ccccc5c5ccc6sc7ccccc7c6c54)c3)nc3c2sc2ccccc23)cc1. The summed E-state index contributed by atoms with van der Waals surface area (Å²) in [6.07, 6.45) is 0. The average molecular weight is 610 g/mol. The molecule has 210 valence electrons. The minimum absolute atomic E-state index is 0.735. The molecule has 0 unspecified atom stereocenters. The van der Waals surface area contributed by atoms with Crippen LogP contribution in [0, 0.1) is 0 Å². The van der Waals surface area contributed by atoms with Gasteiger partial charge in [0, 0.05) is 57.8 Å². The highest BCUT2D eigenvalue weighted by Crippen LogP contribution is 2.44.